The summed E-state index contributed by atoms with van der Waals surface area (Å²) in [6.45, 7) is 2.04. The Kier molecular flexibility index (Phi) is 4.10. The van der Waals surface area contributed by atoms with E-state index in [9.17, 15) is 9.59 Å². The van der Waals surface area contributed by atoms with Crippen molar-refractivity contribution in [2.24, 2.45) is 0 Å². The number of furan rings is 1. The molecule has 0 spiro atoms. The molecule has 2 N–H and O–H groups in total. The van der Waals surface area contributed by atoms with Gasteiger partial charge in [-0.05, 0) is 12.8 Å². The van der Waals surface area contributed by atoms with E-state index in [0.717, 1.165) is 19.3 Å². The highest BCUT2D eigenvalue weighted by Gasteiger charge is 2.24. The first kappa shape index (κ1) is 12.3. The predicted octanol–water partition coefficient (Wildman–Crippen LogP) is 2.41. The van der Waals surface area contributed by atoms with Gasteiger partial charge < -0.3 is 14.6 Å². The van der Waals surface area contributed by atoms with Crippen molar-refractivity contribution in [2.75, 3.05) is 0 Å². The Labute approximate surface area is 92.7 Å². The summed E-state index contributed by atoms with van der Waals surface area (Å²) in [5.74, 6) is -3.09. The summed E-state index contributed by atoms with van der Waals surface area (Å²) in [5, 5.41) is 17.7. The molecule has 0 saturated carbocycles. The Morgan fingerprint density at radius 3 is 2.44 bits per heavy atom. The van der Waals surface area contributed by atoms with Gasteiger partial charge in [-0.25, -0.2) is 9.59 Å². The van der Waals surface area contributed by atoms with Crippen LogP contribution in [0.1, 0.15) is 52.7 Å². The monoisotopic (exact) mass is 226 g/mol. The highest BCUT2D eigenvalue weighted by molar-refractivity contribution is 6.00. The van der Waals surface area contributed by atoms with E-state index in [0.29, 0.717) is 12.0 Å². The van der Waals surface area contributed by atoms with Crippen molar-refractivity contribution in [2.45, 2.75) is 32.6 Å². The van der Waals surface area contributed by atoms with Crippen LogP contribution in [0.4, 0.5) is 0 Å². The zero-order valence-corrected chi connectivity index (χ0v) is 9.02. The molecule has 0 aromatic carbocycles. The van der Waals surface area contributed by atoms with Gasteiger partial charge in [-0.2, -0.15) is 0 Å². The van der Waals surface area contributed by atoms with E-state index in [-0.39, 0.29) is 5.56 Å². The van der Waals surface area contributed by atoms with E-state index < -0.39 is 17.7 Å². The van der Waals surface area contributed by atoms with Gasteiger partial charge in [0, 0.05) is 5.56 Å². The molecule has 0 aliphatic heterocycles. The fourth-order valence-electron chi connectivity index (χ4n) is 1.53. The molecule has 5 nitrogen and oxygen atoms in total. The van der Waals surface area contributed by atoms with Crippen molar-refractivity contribution >= 4 is 11.9 Å². The average molecular weight is 226 g/mol. The lowest BCUT2D eigenvalue weighted by Crippen LogP contribution is -2.07. The molecule has 88 valence electrons. The topological polar surface area (TPSA) is 87.7 Å². The lowest BCUT2D eigenvalue weighted by molar-refractivity contribution is 0.0625. The lowest BCUT2D eigenvalue weighted by Gasteiger charge is -1.98. The van der Waals surface area contributed by atoms with Gasteiger partial charge in [0.15, 0.2) is 0 Å². The molecule has 0 saturated heterocycles. The molecule has 0 radical (unpaired) electrons. The van der Waals surface area contributed by atoms with Crippen LogP contribution in [0.5, 0.6) is 0 Å². The van der Waals surface area contributed by atoms with Gasteiger partial charge in [-0.1, -0.05) is 19.8 Å². The van der Waals surface area contributed by atoms with Crippen LogP contribution in [0, 0.1) is 0 Å². The SMILES string of the molecule is CCCCCc1coc(C(=O)O)c1C(=O)O. The van der Waals surface area contributed by atoms with Crippen LogP contribution < -0.4 is 0 Å². The smallest absolute Gasteiger partial charge is 0.372 e. The van der Waals surface area contributed by atoms with Crippen LogP contribution >= 0.6 is 0 Å². The average Bonchev–Trinajstić information content (AvgIpc) is 2.62. The van der Waals surface area contributed by atoms with Crippen molar-refractivity contribution < 1.29 is 24.2 Å². The first-order chi connectivity index (χ1) is 7.57. The number of hydrogen-bond acceptors (Lipinski definition) is 3. The fraction of sp³-hybridized carbons (Fsp3) is 0.455. The summed E-state index contributed by atoms with van der Waals surface area (Å²) in [6, 6.07) is 0. The molecule has 0 atom stereocenters. The molecule has 5 heteroatoms. The van der Waals surface area contributed by atoms with Crippen LogP contribution in [0.25, 0.3) is 0 Å². The third-order valence-electron chi connectivity index (χ3n) is 2.32. The summed E-state index contributed by atoms with van der Waals surface area (Å²) < 4.78 is 4.77. The second-order valence-electron chi connectivity index (χ2n) is 3.53. The molecule has 1 rings (SSSR count). The number of hydrogen-bond donors (Lipinski definition) is 2. The molecular formula is C11H14O5. The molecule has 1 aromatic rings. The minimum Gasteiger partial charge on any atom is -0.478 e. The summed E-state index contributed by atoms with van der Waals surface area (Å²) in [5.41, 5.74) is 0.238. The van der Waals surface area contributed by atoms with Crippen LogP contribution in [-0.4, -0.2) is 22.2 Å². The third-order valence-corrected chi connectivity index (χ3v) is 2.32. The number of carboxylic acids is 2. The minimum atomic E-state index is -1.35. The van der Waals surface area contributed by atoms with Crippen LogP contribution in [0.15, 0.2) is 10.7 Å². The van der Waals surface area contributed by atoms with Crippen molar-refractivity contribution in [1.82, 2.24) is 0 Å². The number of aryl methyl sites for hydroxylation is 1. The molecule has 1 aromatic heterocycles. The van der Waals surface area contributed by atoms with Gasteiger partial charge in [0.2, 0.25) is 5.76 Å². The summed E-state index contributed by atoms with van der Waals surface area (Å²) in [7, 11) is 0. The summed E-state index contributed by atoms with van der Waals surface area (Å²) in [4.78, 5) is 21.6. The Balaban J connectivity index is 2.92. The molecule has 0 aliphatic rings. The molecule has 0 amide bonds. The highest BCUT2D eigenvalue weighted by Crippen LogP contribution is 2.20. The molecule has 1 heterocycles. The number of carbonyl (C=O) groups is 2. The van der Waals surface area contributed by atoms with Gasteiger partial charge in [0.25, 0.3) is 0 Å². The van der Waals surface area contributed by atoms with Crippen molar-refractivity contribution in [3.63, 3.8) is 0 Å². The minimum absolute atomic E-state index is 0.219. The first-order valence-corrected chi connectivity index (χ1v) is 5.14. The second kappa shape index (κ2) is 5.34. The van der Waals surface area contributed by atoms with Gasteiger partial charge >= 0.3 is 11.9 Å². The Hall–Kier alpha value is -1.78. The largest absolute Gasteiger partial charge is 0.478 e. The maximum atomic E-state index is 10.9. The van der Waals surface area contributed by atoms with E-state index in [4.69, 9.17) is 14.6 Å². The van der Waals surface area contributed by atoms with Crippen LogP contribution in [0.2, 0.25) is 0 Å². The highest BCUT2D eigenvalue weighted by atomic mass is 16.4. The Morgan fingerprint density at radius 2 is 1.94 bits per heavy atom. The van der Waals surface area contributed by atoms with Crippen LogP contribution in [-0.2, 0) is 6.42 Å². The first-order valence-electron chi connectivity index (χ1n) is 5.14. The van der Waals surface area contributed by atoms with Crippen molar-refractivity contribution in [3.05, 3.63) is 23.2 Å². The Bertz CT molecular complexity index is 391. The Morgan fingerprint density at radius 1 is 1.25 bits per heavy atom. The molecule has 0 unspecified atom stereocenters. The summed E-state index contributed by atoms with van der Waals surface area (Å²) >= 11 is 0. The quantitative estimate of drug-likeness (QED) is 0.727. The van der Waals surface area contributed by atoms with Gasteiger partial charge in [-0.3, -0.25) is 0 Å². The number of unbranched alkanes of at least 4 members (excludes halogenated alkanes) is 2. The molecule has 0 aliphatic carbocycles. The van der Waals surface area contributed by atoms with E-state index >= 15 is 0 Å². The van der Waals surface area contributed by atoms with Gasteiger partial charge in [-0.15, -0.1) is 0 Å². The van der Waals surface area contributed by atoms with Crippen LogP contribution in [0.3, 0.4) is 0 Å². The molecule has 0 fully saturated rings. The number of aromatic carboxylic acids is 2. The number of rotatable bonds is 6. The van der Waals surface area contributed by atoms with E-state index in [1.54, 1.807) is 0 Å². The molecule has 16 heavy (non-hydrogen) atoms. The van der Waals surface area contributed by atoms with E-state index in [1.165, 1.54) is 6.26 Å². The zero-order chi connectivity index (χ0) is 12.1. The van der Waals surface area contributed by atoms with E-state index in [1.807, 2.05) is 6.92 Å². The summed E-state index contributed by atoms with van der Waals surface area (Å²) in [6.07, 6.45) is 4.59. The number of carboxylic acid groups (broad SMARTS) is 2. The lowest BCUT2D eigenvalue weighted by atomic mass is 10.0. The maximum absolute atomic E-state index is 10.9. The standard InChI is InChI=1S/C11H14O5/c1-2-3-4-5-7-6-16-9(11(14)15)8(7)10(12)13/h6H,2-5H2,1H3,(H,12,13)(H,14,15). The zero-order valence-electron chi connectivity index (χ0n) is 9.02. The maximum Gasteiger partial charge on any atom is 0.372 e. The van der Waals surface area contributed by atoms with Crippen molar-refractivity contribution in [3.8, 4) is 0 Å². The van der Waals surface area contributed by atoms with Gasteiger partial charge in [0.05, 0.1) is 6.26 Å². The van der Waals surface area contributed by atoms with E-state index in [2.05, 4.69) is 0 Å². The molecular weight excluding hydrogens is 212 g/mol. The molecule has 0 bridgehead atoms. The second-order valence-corrected chi connectivity index (χ2v) is 3.53. The van der Waals surface area contributed by atoms with Crippen molar-refractivity contribution in [1.29, 1.82) is 0 Å². The predicted molar refractivity (Wildman–Crippen MR) is 55.9 cm³/mol. The fourth-order valence-corrected chi connectivity index (χ4v) is 1.53. The normalized spacial score (nSPS) is 10.3. The van der Waals surface area contributed by atoms with Gasteiger partial charge in [0.1, 0.15) is 5.56 Å². The third kappa shape index (κ3) is 2.62.